The molecule has 2 aliphatic rings. The molecule has 0 saturated carbocycles. The smallest absolute Gasteiger partial charge is 0.347 e. The molecule has 2 aromatic heterocycles. The number of β-lactam (4-membered cyclic amide) rings is 1. The molecule has 1 saturated heterocycles. The van der Waals surface area contributed by atoms with Gasteiger partial charge in [0.25, 0.3) is 11.8 Å². The number of hydrogen-bond acceptors (Lipinski definition) is 15. The molecule has 4 heterocycles. The maximum atomic E-state index is 13.2. The van der Waals surface area contributed by atoms with Gasteiger partial charge in [-0.1, -0.05) is 28.3 Å². The molecular formula is C26H25N9O7S3. The Bertz CT molecular complexity index is 1750. The minimum Gasteiger partial charge on any atom is -0.543 e. The number of para-hydroxylation sites is 1. The van der Waals surface area contributed by atoms with E-state index in [1.807, 2.05) is 30.3 Å². The van der Waals surface area contributed by atoms with Crippen LogP contribution in [0.25, 0.3) is 5.69 Å². The number of carboxylic acid groups (broad SMARTS) is 2. The van der Waals surface area contributed by atoms with E-state index in [4.69, 9.17) is 27.1 Å². The third kappa shape index (κ3) is 6.49. The maximum absolute atomic E-state index is 13.2. The van der Waals surface area contributed by atoms with Crippen LogP contribution >= 0.6 is 34.9 Å². The molecule has 5 rings (SSSR count). The second kappa shape index (κ2) is 13.0. The first-order valence-electron chi connectivity index (χ1n) is 13.0. The summed E-state index contributed by atoms with van der Waals surface area (Å²) < 4.78 is 1.68. The highest BCUT2D eigenvalue weighted by Crippen LogP contribution is 2.41. The van der Waals surface area contributed by atoms with Gasteiger partial charge in [0.15, 0.2) is 10.8 Å². The van der Waals surface area contributed by atoms with Crippen LogP contribution in [-0.2, 0) is 24.0 Å². The zero-order valence-corrected chi connectivity index (χ0v) is 25.7. The molecule has 2 unspecified atom stereocenters. The summed E-state index contributed by atoms with van der Waals surface area (Å²) in [4.78, 5) is 64.3. The summed E-state index contributed by atoms with van der Waals surface area (Å²) in [6.07, 6.45) is -1.38. The van der Waals surface area contributed by atoms with Crippen molar-refractivity contribution in [2.24, 2.45) is 5.16 Å². The molecule has 2 aliphatic heterocycles. The van der Waals surface area contributed by atoms with E-state index < -0.39 is 47.0 Å². The molecule has 0 bridgehead atoms. The minimum atomic E-state index is -1.55. The molecule has 234 valence electrons. The van der Waals surface area contributed by atoms with Gasteiger partial charge in [-0.25, -0.2) is 9.78 Å². The largest absolute Gasteiger partial charge is 0.543 e. The first-order chi connectivity index (χ1) is 21.5. The third-order valence-corrected chi connectivity index (χ3v) is 9.55. The first-order valence-corrected chi connectivity index (χ1v) is 15.9. The lowest BCUT2D eigenvalue weighted by atomic mass is 10.0. The second-order valence-electron chi connectivity index (χ2n) is 9.55. The number of aromatic nitrogens is 3. The van der Waals surface area contributed by atoms with Gasteiger partial charge in [0.2, 0.25) is 17.7 Å². The van der Waals surface area contributed by atoms with Crippen LogP contribution in [-0.4, -0.2) is 78.5 Å². The van der Waals surface area contributed by atoms with Crippen LogP contribution in [0.15, 0.2) is 63.4 Å². The number of rotatable bonds is 11. The number of carbonyl (C=O) groups is 4. The Balaban J connectivity index is 1.35. The summed E-state index contributed by atoms with van der Waals surface area (Å²) in [5.74, 6) is -3.64. The van der Waals surface area contributed by atoms with Crippen molar-refractivity contribution in [1.29, 1.82) is 0 Å². The van der Waals surface area contributed by atoms with Crippen LogP contribution in [0.2, 0.25) is 0 Å². The standard InChI is InChI=1S/C26H25N9O7S3/c1-11(23(38)39)42-33-17(14-10-44-25(29)30-14)20(36)32-18-21(37)35-19(24(40)41)12(8-43-22(18)35)9-45-26-31-15(27)7-16(28)34(26)13-5-3-2-4-6-13/h2-7,10-11,18,22H,8-9H2,1H3,(H8,27,28,29,30,32,36,38,39,40,41)/b33-17-/t11-,18?,22?/m0/s1. The molecule has 1 aromatic carbocycles. The predicted octanol–water partition coefficient (Wildman–Crippen LogP) is -1.05. The summed E-state index contributed by atoms with van der Waals surface area (Å²) in [6, 6.07) is 9.55. The van der Waals surface area contributed by atoms with Gasteiger partial charge < -0.3 is 42.4 Å². The van der Waals surface area contributed by atoms with Crippen molar-refractivity contribution in [2.45, 2.75) is 29.6 Å². The van der Waals surface area contributed by atoms with E-state index in [-0.39, 0.29) is 33.8 Å². The van der Waals surface area contributed by atoms with Crippen molar-refractivity contribution >= 4 is 81.1 Å². The molecule has 2 amide bonds. The van der Waals surface area contributed by atoms with E-state index in [1.54, 1.807) is 4.57 Å². The molecule has 0 aliphatic carbocycles. The number of hydrogen-bond donors (Lipinski definition) is 5. The van der Waals surface area contributed by atoms with Gasteiger partial charge in [0, 0.05) is 16.9 Å². The highest BCUT2D eigenvalue weighted by molar-refractivity contribution is 8.01. The fraction of sp³-hybridized carbons (Fsp3) is 0.231. The summed E-state index contributed by atoms with van der Waals surface area (Å²) in [6.45, 7) is 1.21. The topological polar surface area (TPSA) is 256 Å². The van der Waals surface area contributed by atoms with Gasteiger partial charge in [-0.3, -0.25) is 14.5 Å². The number of nitrogens with two attached hydrogens (primary N) is 3. The van der Waals surface area contributed by atoms with Crippen molar-refractivity contribution in [3.63, 3.8) is 0 Å². The fourth-order valence-corrected chi connectivity index (χ4v) is 7.45. The Hall–Kier alpha value is -4.88. The molecule has 19 heteroatoms. The van der Waals surface area contributed by atoms with Gasteiger partial charge in [-0.2, -0.15) is 4.57 Å². The van der Waals surface area contributed by atoms with Gasteiger partial charge in [-0.05, 0) is 36.4 Å². The van der Waals surface area contributed by atoms with Crippen molar-refractivity contribution in [1.82, 2.24) is 20.2 Å². The number of nitrogens with one attached hydrogen (secondary N) is 1. The van der Waals surface area contributed by atoms with Crippen LogP contribution in [0.3, 0.4) is 0 Å². The molecule has 45 heavy (non-hydrogen) atoms. The van der Waals surface area contributed by atoms with Gasteiger partial charge in [-0.15, -0.1) is 23.1 Å². The van der Waals surface area contributed by atoms with Crippen LogP contribution in [0.4, 0.5) is 16.8 Å². The van der Waals surface area contributed by atoms with E-state index in [9.17, 15) is 24.3 Å². The zero-order chi connectivity index (χ0) is 32.4. The van der Waals surface area contributed by atoms with Crippen LogP contribution in [0.1, 0.15) is 12.6 Å². The van der Waals surface area contributed by atoms with Gasteiger partial charge >= 0.3 is 11.1 Å². The van der Waals surface area contributed by atoms with Crippen molar-refractivity contribution in [3.05, 3.63) is 58.7 Å². The van der Waals surface area contributed by atoms with E-state index in [2.05, 4.69) is 20.4 Å². The first kappa shape index (κ1) is 31.5. The molecule has 8 N–H and O–H groups in total. The number of oxime groups is 1. The van der Waals surface area contributed by atoms with Gasteiger partial charge in [0.05, 0.1) is 17.7 Å². The number of fused-ring (bicyclic) bond motifs is 1. The number of nitrogen functional groups attached to an aromatic ring is 3. The average Bonchev–Trinajstić information content (AvgIpc) is 3.43. The Morgan fingerprint density at radius 1 is 1.27 bits per heavy atom. The number of thiazole rings is 1. The Morgan fingerprint density at radius 2 is 2.00 bits per heavy atom. The number of amides is 2. The number of aliphatic carboxylic acids is 2. The highest BCUT2D eigenvalue weighted by atomic mass is 32.2. The quantitative estimate of drug-likeness (QED) is 0.0407. The normalized spacial score (nSPS) is 18.6. The number of carboxylic acids is 2. The lowest BCUT2D eigenvalue weighted by molar-refractivity contribution is -0.626. The molecule has 0 radical (unpaired) electrons. The number of carbonyl (C=O) groups excluding carboxylic acids is 3. The Kier molecular flexibility index (Phi) is 9.11. The van der Waals surface area contributed by atoms with Crippen molar-refractivity contribution in [3.8, 4) is 5.69 Å². The third-order valence-electron chi connectivity index (χ3n) is 6.52. The van der Waals surface area contributed by atoms with Crippen LogP contribution in [0, 0.1) is 0 Å². The molecule has 16 nitrogen and oxygen atoms in total. The monoisotopic (exact) mass is 671 g/mol. The van der Waals surface area contributed by atoms with Crippen molar-refractivity contribution < 1.29 is 38.8 Å². The lowest BCUT2D eigenvalue weighted by Crippen LogP contribution is -2.71. The summed E-state index contributed by atoms with van der Waals surface area (Å²) in [7, 11) is 0. The average molecular weight is 672 g/mol. The van der Waals surface area contributed by atoms with E-state index >= 15 is 0 Å². The summed E-state index contributed by atoms with van der Waals surface area (Å²) in [5, 5.41) is 28.8. The maximum Gasteiger partial charge on any atom is 0.347 e. The number of nitrogens with zero attached hydrogens (tertiary/aromatic N) is 5. The van der Waals surface area contributed by atoms with Crippen molar-refractivity contribution in [2.75, 3.05) is 28.7 Å². The predicted molar refractivity (Wildman–Crippen MR) is 164 cm³/mol. The highest BCUT2D eigenvalue weighted by Gasteiger charge is 2.53. The summed E-state index contributed by atoms with van der Waals surface area (Å²) in [5.41, 5.74) is 18.3. The van der Waals surface area contributed by atoms with E-state index in [0.717, 1.165) is 21.9 Å². The lowest BCUT2D eigenvalue weighted by Gasteiger charge is -2.50. The summed E-state index contributed by atoms with van der Waals surface area (Å²) >= 11 is 3.44. The zero-order valence-electron chi connectivity index (χ0n) is 23.3. The number of thioether (sulfide) groups is 2. The van der Waals surface area contributed by atoms with E-state index in [0.29, 0.717) is 16.5 Å². The molecule has 3 atom stereocenters. The Morgan fingerprint density at radius 3 is 2.64 bits per heavy atom. The molecule has 1 fully saturated rings. The molecule has 0 spiro atoms. The Labute approximate surface area is 267 Å². The number of benzene rings is 1. The molecule has 3 aromatic rings. The van der Waals surface area contributed by atoms with Crippen LogP contribution < -0.4 is 32.2 Å². The molecular weight excluding hydrogens is 647 g/mol. The van der Waals surface area contributed by atoms with Crippen LogP contribution in [0.5, 0.6) is 0 Å². The fourth-order valence-electron chi connectivity index (χ4n) is 4.37. The van der Waals surface area contributed by atoms with Gasteiger partial charge in [0.1, 0.15) is 22.8 Å². The SMILES string of the molecule is C[C@H](O/N=C(\C(=O)NC1C(=O)N2C(C(=O)[O-])=C(CSc3nc(N)cc(N)[n+]3-c3ccccc3)CSC12)c1csc(N)n1)C(=O)O. The minimum absolute atomic E-state index is 0.00526. The number of anilines is 3. The van der Waals surface area contributed by atoms with E-state index in [1.165, 1.54) is 41.9 Å². The second-order valence-corrected chi connectivity index (χ2v) is 12.5.